The highest BCUT2D eigenvalue weighted by atomic mass is 32.2. The van der Waals surface area contributed by atoms with E-state index in [0.717, 1.165) is 11.1 Å². The topological polar surface area (TPSA) is 97.1 Å². The Hall–Kier alpha value is -2.83. The minimum atomic E-state index is -0.192. The van der Waals surface area contributed by atoms with Crippen LogP contribution in [0, 0.1) is 18.3 Å². The van der Waals surface area contributed by atoms with Gasteiger partial charge in [-0.15, -0.1) is 11.3 Å². The zero-order valence-electron chi connectivity index (χ0n) is 14.3. The SMILES string of the molecule is Cc1csc(NC(=O)CSc2nc3cc4c(cc3cc2C#N)OCCO4)n1. The van der Waals surface area contributed by atoms with Crippen LogP contribution in [0.25, 0.3) is 10.9 Å². The lowest BCUT2D eigenvalue weighted by Gasteiger charge is -2.18. The predicted molar refractivity (Wildman–Crippen MR) is 104 cm³/mol. The summed E-state index contributed by atoms with van der Waals surface area (Å²) in [6, 6.07) is 7.52. The van der Waals surface area contributed by atoms with E-state index in [1.54, 1.807) is 12.1 Å². The molecule has 4 rings (SSSR count). The first-order valence-electron chi connectivity index (χ1n) is 8.11. The van der Waals surface area contributed by atoms with Crippen molar-refractivity contribution in [1.29, 1.82) is 5.26 Å². The van der Waals surface area contributed by atoms with Gasteiger partial charge in [-0.1, -0.05) is 11.8 Å². The lowest BCUT2D eigenvalue weighted by atomic mass is 10.1. The Labute approximate surface area is 163 Å². The summed E-state index contributed by atoms with van der Waals surface area (Å²) in [6.07, 6.45) is 0. The lowest BCUT2D eigenvalue weighted by molar-refractivity contribution is -0.113. The number of anilines is 1. The number of thioether (sulfide) groups is 1. The Bertz CT molecular complexity index is 1070. The van der Waals surface area contributed by atoms with Crippen molar-refractivity contribution in [3.63, 3.8) is 0 Å². The fourth-order valence-corrected chi connectivity index (χ4v) is 4.05. The number of hydrogen-bond donors (Lipinski definition) is 1. The van der Waals surface area contributed by atoms with Crippen molar-refractivity contribution >= 4 is 45.0 Å². The summed E-state index contributed by atoms with van der Waals surface area (Å²) in [5, 5.41) is 15.9. The van der Waals surface area contributed by atoms with Crippen LogP contribution < -0.4 is 14.8 Å². The van der Waals surface area contributed by atoms with E-state index in [9.17, 15) is 10.1 Å². The van der Waals surface area contributed by atoms with Gasteiger partial charge in [0.05, 0.1) is 22.5 Å². The first-order valence-corrected chi connectivity index (χ1v) is 9.98. The molecule has 3 heterocycles. The number of amides is 1. The molecule has 1 aromatic carbocycles. The first-order chi connectivity index (χ1) is 13.1. The van der Waals surface area contributed by atoms with Crippen molar-refractivity contribution < 1.29 is 14.3 Å². The Morgan fingerprint density at radius 3 is 2.78 bits per heavy atom. The number of nitrogens with zero attached hydrogens (tertiary/aromatic N) is 3. The number of benzene rings is 1. The molecule has 1 aliphatic heterocycles. The van der Waals surface area contributed by atoms with Gasteiger partial charge in [0.1, 0.15) is 24.3 Å². The number of aromatic nitrogens is 2. The van der Waals surface area contributed by atoms with Gasteiger partial charge in [0, 0.05) is 16.8 Å². The van der Waals surface area contributed by atoms with Gasteiger partial charge in [-0.2, -0.15) is 5.26 Å². The number of aryl methyl sites for hydroxylation is 1. The molecule has 0 aliphatic carbocycles. The third kappa shape index (κ3) is 3.82. The molecular formula is C18H14N4O3S2. The number of carbonyl (C=O) groups is 1. The summed E-state index contributed by atoms with van der Waals surface area (Å²) in [5.74, 6) is 1.23. The highest BCUT2D eigenvalue weighted by Crippen LogP contribution is 2.35. The van der Waals surface area contributed by atoms with Crippen LogP contribution in [0.3, 0.4) is 0 Å². The minimum Gasteiger partial charge on any atom is -0.486 e. The molecule has 0 spiro atoms. The number of thiazole rings is 1. The molecule has 9 heteroatoms. The van der Waals surface area contributed by atoms with E-state index in [-0.39, 0.29) is 11.7 Å². The average Bonchev–Trinajstić information content (AvgIpc) is 3.08. The summed E-state index contributed by atoms with van der Waals surface area (Å²) in [6.45, 7) is 2.86. The predicted octanol–water partition coefficient (Wildman–Crippen LogP) is 3.37. The molecule has 2 aromatic heterocycles. The Morgan fingerprint density at radius 1 is 1.30 bits per heavy atom. The van der Waals surface area contributed by atoms with Gasteiger partial charge in [-0.3, -0.25) is 4.79 Å². The van der Waals surface area contributed by atoms with Crippen LogP contribution in [-0.4, -0.2) is 34.8 Å². The third-order valence-electron chi connectivity index (χ3n) is 3.77. The second-order valence-electron chi connectivity index (χ2n) is 5.77. The smallest absolute Gasteiger partial charge is 0.236 e. The molecule has 0 saturated heterocycles. The van der Waals surface area contributed by atoms with Crippen LogP contribution in [0.5, 0.6) is 11.5 Å². The molecule has 1 N–H and O–H groups in total. The van der Waals surface area contributed by atoms with Crippen molar-refractivity contribution in [3.8, 4) is 17.6 Å². The Kier molecular flexibility index (Phi) is 4.83. The minimum absolute atomic E-state index is 0.135. The van der Waals surface area contributed by atoms with E-state index in [1.165, 1.54) is 23.1 Å². The summed E-state index contributed by atoms with van der Waals surface area (Å²) in [4.78, 5) is 20.9. The van der Waals surface area contributed by atoms with Gasteiger partial charge in [-0.25, -0.2) is 9.97 Å². The van der Waals surface area contributed by atoms with Gasteiger partial charge in [0.2, 0.25) is 5.91 Å². The summed E-state index contributed by atoms with van der Waals surface area (Å²) >= 11 is 2.59. The van der Waals surface area contributed by atoms with Gasteiger partial charge in [0.15, 0.2) is 16.6 Å². The Morgan fingerprint density at radius 2 is 2.07 bits per heavy atom. The molecule has 0 atom stereocenters. The van der Waals surface area contributed by atoms with E-state index >= 15 is 0 Å². The molecule has 136 valence electrons. The van der Waals surface area contributed by atoms with Crippen LogP contribution >= 0.6 is 23.1 Å². The first kappa shape index (κ1) is 17.6. The van der Waals surface area contributed by atoms with Crippen molar-refractivity contribution in [2.75, 3.05) is 24.3 Å². The van der Waals surface area contributed by atoms with Crippen LogP contribution in [-0.2, 0) is 4.79 Å². The van der Waals surface area contributed by atoms with Gasteiger partial charge >= 0.3 is 0 Å². The molecule has 3 aromatic rings. The van der Waals surface area contributed by atoms with Crippen molar-refractivity contribution in [2.45, 2.75) is 11.9 Å². The third-order valence-corrected chi connectivity index (χ3v) is 5.64. The Balaban J connectivity index is 1.55. The second kappa shape index (κ2) is 7.42. The zero-order chi connectivity index (χ0) is 18.8. The maximum absolute atomic E-state index is 12.1. The number of rotatable bonds is 4. The van der Waals surface area contributed by atoms with E-state index in [2.05, 4.69) is 21.4 Å². The number of ether oxygens (including phenoxy) is 2. The maximum Gasteiger partial charge on any atom is 0.236 e. The van der Waals surface area contributed by atoms with E-state index in [0.29, 0.717) is 46.0 Å². The van der Waals surface area contributed by atoms with Crippen LogP contribution in [0.2, 0.25) is 0 Å². The molecule has 1 aliphatic rings. The molecule has 1 amide bonds. The molecule has 0 fully saturated rings. The zero-order valence-corrected chi connectivity index (χ0v) is 15.9. The molecule has 0 saturated carbocycles. The highest BCUT2D eigenvalue weighted by molar-refractivity contribution is 8.00. The number of hydrogen-bond acceptors (Lipinski definition) is 8. The van der Waals surface area contributed by atoms with Gasteiger partial charge < -0.3 is 14.8 Å². The highest BCUT2D eigenvalue weighted by Gasteiger charge is 2.16. The molecule has 0 radical (unpaired) electrons. The number of nitriles is 1. The number of fused-ring (bicyclic) bond motifs is 2. The quantitative estimate of drug-likeness (QED) is 0.673. The molecular weight excluding hydrogens is 384 g/mol. The van der Waals surface area contributed by atoms with Crippen LogP contribution in [0.1, 0.15) is 11.3 Å². The van der Waals surface area contributed by atoms with Crippen LogP contribution in [0.4, 0.5) is 5.13 Å². The molecule has 27 heavy (non-hydrogen) atoms. The second-order valence-corrected chi connectivity index (χ2v) is 7.59. The summed E-state index contributed by atoms with van der Waals surface area (Å²) < 4.78 is 11.2. The fraction of sp³-hybridized carbons (Fsp3) is 0.222. The van der Waals surface area contributed by atoms with Gasteiger partial charge in [0.25, 0.3) is 0 Å². The van der Waals surface area contributed by atoms with E-state index < -0.39 is 0 Å². The van der Waals surface area contributed by atoms with Crippen molar-refractivity contribution in [1.82, 2.24) is 9.97 Å². The summed E-state index contributed by atoms with van der Waals surface area (Å²) in [5.41, 5.74) is 1.97. The maximum atomic E-state index is 12.1. The lowest BCUT2D eigenvalue weighted by Crippen LogP contribution is -2.15. The largest absolute Gasteiger partial charge is 0.486 e. The number of nitrogens with one attached hydrogen (secondary N) is 1. The standard InChI is InChI=1S/C18H14N4O3S2/c1-10-8-27-18(20-10)22-16(23)9-26-17-12(7-19)4-11-5-14-15(6-13(11)21-17)25-3-2-24-14/h4-6,8H,2-3,9H2,1H3,(H,20,22,23). The van der Waals surface area contributed by atoms with E-state index in [1.807, 2.05) is 18.4 Å². The monoisotopic (exact) mass is 398 g/mol. The van der Waals surface area contributed by atoms with Crippen molar-refractivity contribution in [3.05, 3.63) is 34.8 Å². The average molecular weight is 398 g/mol. The van der Waals surface area contributed by atoms with Crippen molar-refractivity contribution in [2.24, 2.45) is 0 Å². The summed E-state index contributed by atoms with van der Waals surface area (Å²) in [7, 11) is 0. The number of pyridine rings is 1. The van der Waals surface area contributed by atoms with Crippen LogP contribution in [0.15, 0.2) is 28.6 Å². The van der Waals surface area contributed by atoms with Gasteiger partial charge in [-0.05, 0) is 19.1 Å². The molecule has 0 bridgehead atoms. The molecule has 0 unspecified atom stereocenters. The fourth-order valence-electron chi connectivity index (χ4n) is 2.58. The van der Waals surface area contributed by atoms with E-state index in [4.69, 9.17) is 9.47 Å². The number of carbonyl (C=O) groups excluding carboxylic acids is 1. The molecule has 7 nitrogen and oxygen atoms in total. The normalized spacial score (nSPS) is 12.6.